The average molecular weight is 614 g/mol. The molecular formula is C33H35N5O5S. The van der Waals surface area contributed by atoms with E-state index in [0.29, 0.717) is 35.7 Å². The van der Waals surface area contributed by atoms with Crippen LogP contribution in [0.4, 0.5) is 5.69 Å². The van der Waals surface area contributed by atoms with Crippen molar-refractivity contribution in [3.05, 3.63) is 88.1 Å². The van der Waals surface area contributed by atoms with E-state index in [1.165, 1.54) is 51.6 Å². The normalized spacial score (nSPS) is 13.6. The van der Waals surface area contributed by atoms with Crippen LogP contribution in [0, 0.1) is 0 Å². The molecular weight excluding hydrogens is 578 g/mol. The molecule has 1 saturated heterocycles. The van der Waals surface area contributed by atoms with Gasteiger partial charge in [0.1, 0.15) is 11.4 Å². The van der Waals surface area contributed by atoms with E-state index in [0.717, 1.165) is 28.0 Å². The highest BCUT2D eigenvalue weighted by atomic mass is 32.1. The maximum Gasteiger partial charge on any atom is 0.357 e. The van der Waals surface area contributed by atoms with Crippen molar-refractivity contribution in [1.29, 1.82) is 0 Å². The van der Waals surface area contributed by atoms with E-state index in [2.05, 4.69) is 15.6 Å². The van der Waals surface area contributed by atoms with Crippen LogP contribution in [0.5, 0.6) is 5.75 Å². The van der Waals surface area contributed by atoms with E-state index >= 15 is 0 Å². The van der Waals surface area contributed by atoms with Crippen LogP contribution >= 0.6 is 11.3 Å². The number of nitrogens with one attached hydrogen (secondary N) is 2. The van der Waals surface area contributed by atoms with Crippen molar-refractivity contribution in [1.82, 2.24) is 10.3 Å². The summed E-state index contributed by atoms with van der Waals surface area (Å²) in [6.07, 6.45) is 4.94. The number of pyridine rings is 1. The van der Waals surface area contributed by atoms with E-state index < -0.39 is 17.8 Å². The van der Waals surface area contributed by atoms with Crippen molar-refractivity contribution >= 4 is 34.8 Å². The van der Waals surface area contributed by atoms with Gasteiger partial charge in [-0.2, -0.15) is 0 Å². The summed E-state index contributed by atoms with van der Waals surface area (Å²) in [6.45, 7) is 3.34. The maximum atomic E-state index is 13.7. The second kappa shape index (κ2) is 14.3. The summed E-state index contributed by atoms with van der Waals surface area (Å²) >= 11 is 1.57. The van der Waals surface area contributed by atoms with Gasteiger partial charge in [-0.1, -0.05) is 18.6 Å². The van der Waals surface area contributed by atoms with Crippen molar-refractivity contribution in [3.63, 3.8) is 0 Å². The Kier molecular flexibility index (Phi) is 10.0. The van der Waals surface area contributed by atoms with Crippen molar-refractivity contribution in [2.75, 3.05) is 32.1 Å². The number of benzene rings is 2. The van der Waals surface area contributed by atoms with Crippen molar-refractivity contribution < 1.29 is 23.9 Å². The number of piperidine rings is 1. The smallest absolute Gasteiger partial charge is 0.357 e. The number of nitrogens with zero attached hydrogens (tertiary/aromatic N) is 1. The predicted octanol–water partition coefficient (Wildman–Crippen LogP) is 4.77. The van der Waals surface area contributed by atoms with Crippen LogP contribution in [-0.2, 0) is 17.7 Å². The molecule has 1 fully saturated rings. The molecule has 0 bridgehead atoms. The number of amides is 2. The molecule has 0 atom stereocenters. The van der Waals surface area contributed by atoms with Gasteiger partial charge >= 0.3 is 5.97 Å². The number of rotatable bonds is 6. The third kappa shape index (κ3) is 6.96. The Morgan fingerprint density at radius 3 is 2.41 bits per heavy atom. The molecule has 0 aliphatic carbocycles. The van der Waals surface area contributed by atoms with Gasteiger partial charge in [0.25, 0.3) is 11.8 Å². The van der Waals surface area contributed by atoms with Crippen LogP contribution < -0.4 is 26.8 Å². The zero-order chi connectivity index (χ0) is 31.1. The van der Waals surface area contributed by atoms with E-state index in [1.54, 1.807) is 35.6 Å². The quantitative estimate of drug-likeness (QED) is 0.227. The third-order valence-corrected chi connectivity index (χ3v) is 8.45. The van der Waals surface area contributed by atoms with Crippen LogP contribution in [0.3, 0.4) is 0 Å². The Morgan fingerprint density at radius 2 is 1.77 bits per heavy atom. The first-order chi connectivity index (χ1) is 21.4. The van der Waals surface area contributed by atoms with Crippen LogP contribution in [0.1, 0.15) is 61.7 Å². The van der Waals surface area contributed by atoms with E-state index in [-0.39, 0.29) is 17.0 Å². The number of carbonyl (C=O) groups excluding carboxylic acids is 3. The Hall–Kier alpha value is -4.58. The lowest BCUT2D eigenvalue weighted by atomic mass is 9.93. The molecule has 2 aliphatic heterocycles. The number of thiophene rings is 1. The number of fused-ring (bicyclic) bond motifs is 3. The second-order valence-corrected chi connectivity index (χ2v) is 11.3. The molecule has 0 radical (unpaired) electrons. The molecule has 0 spiro atoms. The SMILES string of the molecule is C1CCNCC1.COC(=O)c1nc(C(N)=O)ccc1-c1cc2c(cc1C(=O)Nc1ccc(CN)cc1)-c1sccc1CCO2. The first-order valence-electron chi connectivity index (χ1n) is 14.5. The van der Waals surface area contributed by atoms with Crippen molar-refractivity contribution in [3.8, 4) is 27.3 Å². The third-order valence-electron chi connectivity index (χ3n) is 7.46. The van der Waals surface area contributed by atoms with Crippen LogP contribution in [0.2, 0.25) is 0 Å². The number of hydrogen-bond donors (Lipinski definition) is 4. The number of methoxy groups -OCH3 is 1. The van der Waals surface area contributed by atoms with Gasteiger partial charge < -0.3 is 31.6 Å². The molecule has 6 rings (SSSR count). The lowest BCUT2D eigenvalue weighted by Gasteiger charge is -2.17. The van der Waals surface area contributed by atoms with Gasteiger partial charge in [0.2, 0.25) is 0 Å². The monoisotopic (exact) mass is 613 g/mol. The van der Waals surface area contributed by atoms with Gasteiger partial charge in [0, 0.05) is 45.8 Å². The molecule has 2 amide bonds. The van der Waals surface area contributed by atoms with Crippen LogP contribution in [0.25, 0.3) is 21.6 Å². The molecule has 0 unspecified atom stereocenters. The minimum absolute atomic E-state index is 0.102. The molecule has 44 heavy (non-hydrogen) atoms. The summed E-state index contributed by atoms with van der Waals surface area (Å²) in [5, 5.41) is 8.22. The fourth-order valence-corrected chi connectivity index (χ4v) is 6.09. The number of primary amides is 1. The zero-order valence-corrected chi connectivity index (χ0v) is 25.3. The minimum Gasteiger partial charge on any atom is -0.493 e. The summed E-state index contributed by atoms with van der Waals surface area (Å²) in [6, 6.07) is 15.7. The molecule has 228 valence electrons. The Bertz CT molecular complexity index is 1650. The number of anilines is 1. The number of ether oxygens (including phenoxy) is 2. The average Bonchev–Trinajstić information content (AvgIpc) is 3.46. The zero-order valence-electron chi connectivity index (χ0n) is 24.5. The van der Waals surface area contributed by atoms with Crippen molar-refractivity contribution in [2.45, 2.75) is 32.2 Å². The van der Waals surface area contributed by atoms with Gasteiger partial charge in [-0.05, 0) is 84.9 Å². The van der Waals surface area contributed by atoms with Gasteiger partial charge in [0.05, 0.1) is 13.7 Å². The largest absolute Gasteiger partial charge is 0.493 e. The van der Waals surface area contributed by atoms with Gasteiger partial charge in [-0.25, -0.2) is 9.78 Å². The predicted molar refractivity (Wildman–Crippen MR) is 171 cm³/mol. The highest BCUT2D eigenvalue weighted by Crippen LogP contribution is 2.43. The molecule has 2 aromatic heterocycles. The molecule has 10 nitrogen and oxygen atoms in total. The lowest BCUT2D eigenvalue weighted by molar-refractivity contribution is 0.0594. The van der Waals surface area contributed by atoms with Crippen LogP contribution in [-0.4, -0.2) is 49.6 Å². The lowest BCUT2D eigenvalue weighted by Crippen LogP contribution is -2.21. The summed E-state index contributed by atoms with van der Waals surface area (Å²) in [5.74, 6) is -1.40. The minimum atomic E-state index is -0.795. The summed E-state index contributed by atoms with van der Waals surface area (Å²) in [7, 11) is 1.21. The Labute approximate surface area is 259 Å². The molecule has 2 aromatic carbocycles. The summed E-state index contributed by atoms with van der Waals surface area (Å²) in [5.41, 5.74) is 15.2. The van der Waals surface area contributed by atoms with Gasteiger partial charge in [-0.15, -0.1) is 11.3 Å². The molecule has 2 aliphatic rings. The number of esters is 1. The number of hydrogen-bond acceptors (Lipinski definition) is 9. The molecule has 4 aromatic rings. The topological polar surface area (TPSA) is 159 Å². The van der Waals surface area contributed by atoms with Gasteiger partial charge in [-0.3, -0.25) is 9.59 Å². The van der Waals surface area contributed by atoms with Crippen LogP contribution in [0.15, 0.2) is 60.0 Å². The van der Waals surface area contributed by atoms with Gasteiger partial charge in [0.15, 0.2) is 5.69 Å². The summed E-state index contributed by atoms with van der Waals surface area (Å²) < 4.78 is 11.0. The standard InChI is InChI=1S/C28H24N4O5S.C5H11N/c1-36-28(35)24-18(6-7-22(32-24)26(30)33)19-13-23-21(25-16(8-10-37-23)9-11-38-25)12-20(19)27(34)31-17-4-2-15(14-29)3-5-17;1-2-4-6-5-3-1/h2-7,9,11-13H,8,10,14,29H2,1H3,(H2,30,33)(H,31,34);6H,1-5H2. The first-order valence-corrected chi connectivity index (χ1v) is 15.4. The molecule has 0 saturated carbocycles. The molecule has 6 N–H and O–H groups in total. The maximum absolute atomic E-state index is 13.7. The Morgan fingerprint density at radius 1 is 1.00 bits per heavy atom. The van der Waals surface area contributed by atoms with E-state index in [1.807, 2.05) is 23.6 Å². The first kappa shape index (κ1) is 30.9. The fourth-order valence-electron chi connectivity index (χ4n) is 5.12. The van der Waals surface area contributed by atoms with E-state index in [4.69, 9.17) is 20.9 Å². The number of nitrogens with two attached hydrogens (primary N) is 2. The number of aromatic nitrogens is 1. The van der Waals surface area contributed by atoms with E-state index in [9.17, 15) is 14.4 Å². The molecule has 4 heterocycles. The highest BCUT2D eigenvalue weighted by Gasteiger charge is 2.26. The van der Waals surface area contributed by atoms with Crippen molar-refractivity contribution in [2.24, 2.45) is 11.5 Å². The highest BCUT2D eigenvalue weighted by molar-refractivity contribution is 7.13. The Balaban J connectivity index is 0.000000573. The number of carbonyl (C=O) groups is 3. The summed E-state index contributed by atoms with van der Waals surface area (Å²) in [4.78, 5) is 43.4. The fraction of sp³-hybridized carbons (Fsp3) is 0.273. The second-order valence-electron chi connectivity index (χ2n) is 10.4. The molecule has 11 heteroatoms.